The zero-order valence-corrected chi connectivity index (χ0v) is 11.1. The van der Waals surface area contributed by atoms with Crippen LogP contribution in [-0.4, -0.2) is 5.91 Å². The Labute approximate surface area is 110 Å². The number of carbonyl (C=O) groups is 1. The summed E-state index contributed by atoms with van der Waals surface area (Å²) in [7, 11) is 0. The molecule has 0 fully saturated rings. The van der Waals surface area contributed by atoms with Crippen LogP contribution in [-0.2, 0) is 4.79 Å². The number of rotatable bonds is 1. The average Bonchev–Trinajstić information content (AvgIpc) is 2.31. The Balaban J connectivity index is 0.000000181. The van der Waals surface area contributed by atoms with Crippen LogP contribution in [0.4, 0.5) is 5.69 Å². The summed E-state index contributed by atoms with van der Waals surface area (Å²) in [4.78, 5) is 10.5. The second-order valence-electron chi connectivity index (χ2n) is 3.34. The van der Waals surface area contributed by atoms with E-state index in [1.807, 2.05) is 60.7 Å². The van der Waals surface area contributed by atoms with Gasteiger partial charge in [-0.05, 0) is 24.3 Å². The highest BCUT2D eigenvalue weighted by atomic mass is 79.9. The van der Waals surface area contributed by atoms with Crippen molar-refractivity contribution in [2.24, 2.45) is 0 Å². The van der Waals surface area contributed by atoms with Crippen LogP contribution in [0.25, 0.3) is 0 Å². The maximum atomic E-state index is 10.5. The second kappa shape index (κ2) is 7.63. The van der Waals surface area contributed by atoms with Crippen molar-refractivity contribution in [2.75, 3.05) is 5.32 Å². The van der Waals surface area contributed by atoms with Gasteiger partial charge in [-0.2, -0.15) is 0 Å². The SMILES string of the molecule is Brc1ccccc1.CC(=O)Nc1ccccc1. The predicted molar refractivity (Wildman–Crippen MR) is 74.9 cm³/mol. The lowest BCUT2D eigenvalue weighted by Gasteiger charge is -1.98. The van der Waals surface area contributed by atoms with E-state index in [2.05, 4.69) is 21.2 Å². The maximum absolute atomic E-state index is 10.5. The van der Waals surface area contributed by atoms with Gasteiger partial charge in [0.15, 0.2) is 0 Å². The summed E-state index contributed by atoms with van der Waals surface area (Å²) < 4.78 is 1.13. The lowest BCUT2D eigenvalue weighted by molar-refractivity contribution is -0.114. The summed E-state index contributed by atoms with van der Waals surface area (Å²) in [6.45, 7) is 1.49. The van der Waals surface area contributed by atoms with E-state index < -0.39 is 0 Å². The van der Waals surface area contributed by atoms with Gasteiger partial charge in [-0.1, -0.05) is 52.3 Å². The molecule has 0 atom stereocenters. The summed E-state index contributed by atoms with van der Waals surface area (Å²) in [6, 6.07) is 19.3. The molecule has 0 aliphatic carbocycles. The number of nitrogens with one attached hydrogen (secondary N) is 1. The minimum Gasteiger partial charge on any atom is -0.326 e. The third-order valence-corrected chi connectivity index (χ3v) is 2.36. The fourth-order valence-electron chi connectivity index (χ4n) is 1.14. The zero-order chi connectivity index (χ0) is 12.5. The number of amides is 1. The molecule has 88 valence electrons. The number of anilines is 1. The standard InChI is InChI=1S/C8H9NO.C6H5Br/c1-7(10)9-8-5-3-2-4-6-8;7-6-4-2-1-3-5-6/h2-6H,1H3,(H,9,10);1-5H. The Hall–Kier alpha value is -1.61. The van der Waals surface area contributed by atoms with Gasteiger partial charge in [0.1, 0.15) is 0 Å². The third-order valence-electron chi connectivity index (χ3n) is 1.83. The summed E-state index contributed by atoms with van der Waals surface area (Å²) >= 11 is 3.31. The molecule has 0 spiro atoms. The smallest absolute Gasteiger partial charge is 0.221 e. The van der Waals surface area contributed by atoms with Crippen molar-refractivity contribution in [1.29, 1.82) is 0 Å². The van der Waals surface area contributed by atoms with Crippen molar-refractivity contribution >= 4 is 27.5 Å². The number of benzene rings is 2. The molecule has 0 aliphatic heterocycles. The lowest BCUT2D eigenvalue weighted by Crippen LogP contribution is -2.04. The molecule has 0 saturated heterocycles. The minimum absolute atomic E-state index is 0.0359. The molecule has 2 aromatic rings. The Morgan fingerprint density at radius 3 is 1.76 bits per heavy atom. The van der Waals surface area contributed by atoms with Gasteiger partial charge in [0.25, 0.3) is 0 Å². The molecule has 1 amide bonds. The zero-order valence-electron chi connectivity index (χ0n) is 9.56. The minimum atomic E-state index is -0.0359. The molecule has 2 nitrogen and oxygen atoms in total. The van der Waals surface area contributed by atoms with Crippen molar-refractivity contribution in [3.63, 3.8) is 0 Å². The molecule has 2 aromatic carbocycles. The highest BCUT2D eigenvalue weighted by Crippen LogP contribution is 2.05. The van der Waals surface area contributed by atoms with Crippen molar-refractivity contribution < 1.29 is 4.79 Å². The Bertz CT molecular complexity index is 442. The van der Waals surface area contributed by atoms with E-state index in [0.29, 0.717) is 0 Å². The third kappa shape index (κ3) is 6.53. The molecule has 1 N–H and O–H groups in total. The van der Waals surface area contributed by atoms with Crippen molar-refractivity contribution in [3.05, 3.63) is 65.1 Å². The van der Waals surface area contributed by atoms with Gasteiger partial charge in [0.2, 0.25) is 5.91 Å². The second-order valence-corrected chi connectivity index (χ2v) is 4.26. The first-order chi connectivity index (χ1) is 8.18. The largest absolute Gasteiger partial charge is 0.326 e. The van der Waals surface area contributed by atoms with Crippen molar-refractivity contribution in [1.82, 2.24) is 0 Å². The van der Waals surface area contributed by atoms with Gasteiger partial charge < -0.3 is 5.32 Å². The quantitative estimate of drug-likeness (QED) is 0.842. The van der Waals surface area contributed by atoms with Crippen LogP contribution >= 0.6 is 15.9 Å². The van der Waals surface area contributed by atoms with Crippen LogP contribution in [0.5, 0.6) is 0 Å². The molecule has 0 heterocycles. The highest BCUT2D eigenvalue weighted by Gasteiger charge is 1.90. The van der Waals surface area contributed by atoms with Gasteiger partial charge >= 0.3 is 0 Å². The van der Waals surface area contributed by atoms with Crippen LogP contribution in [0.1, 0.15) is 6.92 Å². The summed E-state index contributed by atoms with van der Waals surface area (Å²) in [6.07, 6.45) is 0. The van der Waals surface area contributed by atoms with Crippen LogP contribution in [0.3, 0.4) is 0 Å². The first kappa shape index (κ1) is 13.5. The lowest BCUT2D eigenvalue weighted by atomic mass is 10.3. The summed E-state index contributed by atoms with van der Waals surface area (Å²) in [5, 5.41) is 2.67. The topological polar surface area (TPSA) is 29.1 Å². The summed E-state index contributed by atoms with van der Waals surface area (Å²) in [5.74, 6) is -0.0359. The fraction of sp³-hybridized carbons (Fsp3) is 0.0714. The molecule has 0 unspecified atom stereocenters. The van der Waals surface area contributed by atoms with E-state index in [-0.39, 0.29) is 5.91 Å². The molecule has 0 aromatic heterocycles. The number of halogens is 1. The fourth-order valence-corrected chi connectivity index (χ4v) is 1.44. The Morgan fingerprint density at radius 1 is 0.941 bits per heavy atom. The molecule has 17 heavy (non-hydrogen) atoms. The van der Waals surface area contributed by atoms with E-state index in [0.717, 1.165) is 10.2 Å². The number of hydrogen-bond acceptors (Lipinski definition) is 1. The maximum Gasteiger partial charge on any atom is 0.221 e. The van der Waals surface area contributed by atoms with Crippen molar-refractivity contribution in [3.8, 4) is 0 Å². The molecular weight excluding hydrogens is 278 g/mol. The first-order valence-electron chi connectivity index (χ1n) is 5.21. The Morgan fingerprint density at radius 2 is 1.41 bits per heavy atom. The van der Waals surface area contributed by atoms with E-state index in [4.69, 9.17) is 0 Å². The van der Waals surface area contributed by atoms with E-state index in [1.165, 1.54) is 6.92 Å². The van der Waals surface area contributed by atoms with E-state index >= 15 is 0 Å². The molecule has 0 saturated carbocycles. The predicted octanol–water partition coefficient (Wildman–Crippen LogP) is 4.09. The van der Waals surface area contributed by atoms with Gasteiger partial charge in [-0.25, -0.2) is 0 Å². The molecular formula is C14H14BrNO. The van der Waals surface area contributed by atoms with E-state index in [1.54, 1.807) is 0 Å². The number of hydrogen-bond donors (Lipinski definition) is 1. The van der Waals surface area contributed by atoms with Gasteiger partial charge in [-0.3, -0.25) is 4.79 Å². The van der Waals surface area contributed by atoms with E-state index in [9.17, 15) is 4.79 Å². The van der Waals surface area contributed by atoms with Gasteiger partial charge in [-0.15, -0.1) is 0 Å². The van der Waals surface area contributed by atoms with Crippen molar-refractivity contribution in [2.45, 2.75) is 6.92 Å². The number of carbonyl (C=O) groups excluding carboxylic acids is 1. The van der Waals surface area contributed by atoms with Gasteiger partial charge in [0.05, 0.1) is 0 Å². The number of para-hydroxylation sites is 1. The molecule has 0 bridgehead atoms. The average molecular weight is 292 g/mol. The molecule has 3 heteroatoms. The monoisotopic (exact) mass is 291 g/mol. The summed E-state index contributed by atoms with van der Waals surface area (Å²) in [5.41, 5.74) is 0.843. The molecule has 0 radical (unpaired) electrons. The van der Waals surface area contributed by atoms with Crippen LogP contribution in [0.15, 0.2) is 65.1 Å². The van der Waals surface area contributed by atoms with Crippen LogP contribution < -0.4 is 5.32 Å². The highest BCUT2D eigenvalue weighted by molar-refractivity contribution is 9.10. The Kier molecular flexibility index (Phi) is 6.04. The molecule has 0 aliphatic rings. The van der Waals surface area contributed by atoms with Crippen LogP contribution in [0.2, 0.25) is 0 Å². The normalized spacial score (nSPS) is 8.82. The van der Waals surface area contributed by atoms with Gasteiger partial charge in [0, 0.05) is 17.1 Å². The van der Waals surface area contributed by atoms with Crippen LogP contribution in [0, 0.1) is 0 Å². The first-order valence-corrected chi connectivity index (χ1v) is 6.01. The molecule has 2 rings (SSSR count).